The highest BCUT2D eigenvalue weighted by molar-refractivity contribution is 7.13. The number of aromatic nitrogens is 4. The molecule has 3 aromatic rings. The minimum absolute atomic E-state index is 0.0263. The molecule has 0 radical (unpaired) electrons. The highest BCUT2D eigenvalue weighted by Gasteiger charge is 2.12. The Labute approximate surface area is 145 Å². The number of esters is 1. The largest absolute Gasteiger partial charge is 0.469 e. The summed E-state index contributed by atoms with van der Waals surface area (Å²) in [7, 11) is 1.29. The van der Waals surface area contributed by atoms with E-state index < -0.39 is 17.4 Å². The second kappa shape index (κ2) is 7.18. The molecule has 2 heterocycles. The van der Waals surface area contributed by atoms with Crippen LogP contribution in [0, 0.1) is 0 Å². The first-order chi connectivity index (χ1) is 12.1. The first-order valence-electron chi connectivity index (χ1n) is 7.20. The Morgan fingerprint density at radius 1 is 1.32 bits per heavy atom. The van der Waals surface area contributed by atoms with Crippen LogP contribution in [0.1, 0.15) is 5.69 Å². The molecule has 128 valence electrons. The Morgan fingerprint density at radius 2 is 2.12 bits per heavy atom. The fourth-order valence-corrected chi connectivity index (χ4v) is 2.81. The third-order valence-electron chi connectivity index (χ3n) is 3.27. The summed E-state index contributed by atoms with van der Waals surface area (Å²) in [5.74, 6) is -0.883. The Balaban J connectivity index is 1.70. The van der Waals surface area contributed by atoms with E-state index in [-0.39, 0.29) is 13.0 Å². The molecule has 0 saturated heterocycles. The molecule has 1 N–H and O–H groups in total. The average molecular weight is 359 g/mol. The van der Waals surface area contributed by atoms with Gasteiger partial charge in [-0.25, -0.2) is 9.67 Å². The molecule has 0 aliphatic rings. The van der Waals surface area contributed by atoms with Crippen molar-refractivity contribution >= 4 is 39.2 Å². The van der Waals surface area contributed by atoms with Gasteiger partial charge in [0, 0.05) is 5.38 Å². The lowest BCUT2D eigenvalue weighted by atomic mass is 10.2. The standard InChI is InChI=1S/C15H13N5O4S/c1-24-13(22)6-9-8-25-15(16-9)17-12(21)7-20-14(23)10-4-2-3-5-11(10)18-19-20/h2-5,8H,6-7H2,1H3,(H,16,17,21). The van der Waals surface area contributed by atoms with E-state index in [1.165, 1.54) is 18.4 Å². The normalized spacial score (nSPS) is 10.6. The van der Waals surface area contributed by atoms with Gasteiger partial charge < -0.3 is 10.1 Å². The zero-order valence-electron chi connectivity index (χ0n) is 13.1. The van der Waals surface area contributed by atoms with E-state index in [1.54, 1.807) is 29.6 Å². The monoisotopic (exact) mass is 359 g/mol. The quantitative estimate of drug-likeness (QED) is 0.663. The van der Waals surface area contributed by atoms with Crippen LogP contribution in [-0.2, 0) is 27.3 Å². The molecule has 1 aromatic carbocycles. The molecule has 25 heavy (non-hydrogen) atoms. The van der Waals surface area contributed by atoms with E-state index in [1.807, 2.05) is 0 Å². The number of hydrogen-bond donors (Lipinski definition) is 1. The van der Waals surface area contributed by atoms with Crippen LogP contribution < -0.4 is 10.9 Å². The van der Waals surface area contributed by atoms with Gasteiger partial charge in [-0.15, -0.1) is 16.4 Å². The maximum Gasteiger partial charge on any atom is 0.311 e. The molecule has 1 amide bonds. The van der Waals surface area contributed by atoms with Crippen LogP contribution in [0.5, 0.6) is 0 Å². The number of methoxy groups -OCH3 is 1. The topological polar surface area (TPSA) is 116 Å². The molecule has 0 atom stereocenters. The van der Waals surface area contributed by atoms with E-state index in [2.05, 4.69) is 25.3 Å². The van der Waals surface area contributed by atoms with E-state index in [4.69, 9.17) is 0 Å². The van der Waals surface area contributed by atoms with Crippen molar-refractivity contribution in [2.75, 3.05) is 12.4 Å². The summed E-state index contributed by atoms with van der Waals surface area (Å²) in [5, 5.41) is 12.6. The number of anilines is 1. The number of amides is 1. The minimum atomic E-state index is -0.467. The molecule has 0 saturated carbocycles. The van der Waals surface area contributed by atoms with Crippen molar-refractivity contribution in [2.45, 2.75) is 13.0 Å². The van der Waals surface area contributed by atoms with Crippen molar-refractivity contribution in [3.8, 4) is 0 Å². The smallest absolute Gasteiger partial charge is 0.311 e. The number of fused-ring (bicyclic) bond motifs is 1. The first kappa shape index (κ1) is 16.7. The molecule has 0 aliphatic carbocycles. The maximum atomic E-state index is 12.3. The van der Waals surface area contributed by atoms with Gasteiger partial charge in [-0.3, -0.25) is 14.4 Å². The fourth-order valence-electron chi connectivity index (χ4n) is 2.09. The van der Waals surface area contributed by atoms with Crippen LogP contribution >= 0.6 is 11.3 Å². The van der Waals surface area contributed by atoms with Gasteiger partial charge in [-0.1, -0.05) is 17.3 Å². The molecule has 0 bridgehead atoms. The number of ether oxygens (including phenoxy) is 1. The summed E-state index contributed by atoms with van der Waals surface area (Å²) in [6, 6.07) is 6.77. The summed E-state index contributed by atoms with van der Waals surface area (Å²) in [4.78, 5) is 39.7. The maximum absolute atomic E-state index is 12.3. The van der Waals surface area contributed by atoms with Gasteiger partial charge in [0.2, 0.25) is 5.91 Å². The van der Waals surface area contributed by atoms with Crippen molar-refractivity contribution < 1.29 is 14.3 Å². The van der Waals surface area contributed by atoms with Crippen LogP contribution in [0.2, 0.25) is 0 Å². The van der Waals surface area contributed by atoms with Crippen molar-refractivity contribution in [3.63, 3.8) is 0 Å². The molecule has 3 rings (SSSR count). The summed E-state index contributed by atoms with van der Waals surface area (Å²) in [6.07, 6.45) is 0.0263. The minimum Gasteiger partial charge on any atom is -0.469 e. The van der Waals surface area contributed by atoms with E-state index >= 15 is 0 Å². The Bertz CT molecular complexity index is 997. The summed E-state index contributed by atoms with van der Waals surface area (Å²) in [6.45, 7) is -0.289. The third kappa shape index (κ3) is 3.86. The summed E-state index contributed by atoms with van der Waals surface area (Å²) >= 11 is 1.17. The van der Waals surface area contributed by atoms with E-state index in [0.29, 0.717) is 21.7 Å². The van der Waals surface area contributed by atoms with Gasteiger partial charge in [-0.05, 0) is 12.1 Å². The zero-order valence-corrected chi connectivity index (χ0v) is 13.9. The zero-order chi connectivity index (χ0) is 17.8. The third-order valence-corrected chi connectivity index (χ3v) is 4.08. The summed E-state index contributed by atoms with van der Waals surface area (Å²) in [5.41, 5.74) is 0.567. The molecular formula is C15H13N5O4S. The lowest BCUT2D eigenvalue weighted by Gasteiger charge is -2.04. The molecular weight excluding hydrogens is 346 g/mol. The number of benzene rings is 1. The van der Waals surface area contributed by atoms with Crippen LogP contribution in [-0.4, -0.2) is 39.0 Å². The Morgan fingerprint density at radius 3 is 2.92 bits per heavy atom. The predicted octanol–water partition coefficient (Wildman–Crippen LogP) is 0.602. The molecule has 2 aromatic heterocycles. The van der Waals surface area contributed by atoms with Gasteiger partial charge in [0.05, 0.1) is 24.6 Å². The highest BCUT2D eigenvalue weighted by atomic mass is 32.1. The lowest BCUT2D eigenvalue weighted by Crippen LogP contribution is -2.30. The molecule has 0 unspecified atom stereocenters. The summed E-state index contributed by atoms with van der Waals surface area (Å²) < 4.78 is 5.54. The number of nitrogens with zero attached hydrogens (tertiary/aromatic N) is 4. The number of rotatable bonds is 5. The van der Waals surface area contributed by atoms with E-state index in [0.717, 1.165) is 4.68 Å². The number of hydrogen-bond acceptors (Lipinski definition) is 8. The number of carbonyl (C=O) groups is 2. The Hall–Kier alpha value is -3.14. The van der Waals surface area contributed by atoms with Crippen molar-refractivity contribution in [1.82, 2.24) is 20.0 Å². The van der Waals surface area contributed by atoms with Crippen LogP contribution in [0.15, 0.2) is 34.4 Å². The van der Waals surface area contributed by atoms with Crippen LogP contribution in [0.25, 0.3) is 10.9 Å². The average Bonchev–Trinajstić information content (AvgIpc) is 3.04. The van der Waals surface area contributed by atoms with Gasteiger partial charge in [0.1, 0.15) is 12.1 Å². The van der Waals surface area contributed by atoms with Crippen LogP contribution in [0.4, 0.5) is 5.13 Å². The van der Waals surface area contributed by atoms with Crippen molar-refractivity contribution in [1.29, 1.82) is 0 Å². The Kier molecular flexibility index (Phi) is 4.80. The van der Waals surface area contributed by atoms with Gasteiger partial charge in [0.25, 0.3) is 5.56 Å². The highest BCUT2D eigenvalue weighted by Crippen LogP contribution is 2.16. The van der Waals surface area contributed by atoms with Gasteiger partial charge in [-0.2, -0.15) is 0 Å². The molecule has 10 heteroatoms. The number of carbonyl (C=O) groups excluding carboxylic acids is 2. The second-order valence-corrected chi connectivity index (χ2v) is 5.87. The van der Waals surface area contributed by atoms with Crippen molar-refractivity contribution in [2.24, 2.45) is 0 Å². The van der Waals surface area contributed by atoms with Crippen LogP contribution in [0.3, 0.4) is 0 Å². The second-order valence-electron chi connectivity index (χ2n) is 5.01. The number of thiazole rings is 1. The SMILES string of the molecule is COC(=O)Cc1csc(NC(=O)Cn2nnc3ccccc3c2=O)n1. The molecule has 9 nitrogen and oxygen atoms in total. The molecule has 0 aliphatic heterocycles. The van der Waals surface area contributed by atoms with E-state index in [9.17, 15) is 14.4 Å². The van der Waals surface area contributed by atoms with Gasteiger partial charge in [0.15, 0.2) is 5.13 Å². The fraction of sp³-hybridized carbons (Fsp3) is 0.200. The predicted molar refractivity (Wildman–Crippen MR) is 90.3 cm³/mol. The lowest BCUT2D eigenvalue weighted by molar-refractivity contribution is -0.139. The molecule has 0 fully saturated rings. The first-order valence-corrected chi connectivity index (χ1v) is 8.08. The number of nitrogens with one attached hydrogen (secondary N) is 1. The molecule has 0 spiro atoms. The van der Waals surface area contributed by atoms with Crippen molar-refractivity contribution in [3.05, 3.63) is 45.7 Å². The van der Waals surface area contributed by atoms with Gasteiger partial charge >= 0.3 is 5.97 Å².